The number of carbonyl (C=O) groups is 1. The van der Waals surface area contributed by atoms with Gasteiger partial charge in [0.1, 0.15) is 0 Å². The lowest BCUT2D eigenvalue weighted by molar-refractivity contribution is 0.0689. The molecular weight excluding hydrogens is 192 g/mol. The molecule has 2 rings (SSSR count). The molecule has 0 unspecified atom stereocenters. The zero-order chi connectivity index (χ0) is 10.7. The van der Waals surface area contributed by atoms with Crippen LogP contribution in [0.3, 0.4) is 0 Å². The van der Waals surface area contributed by atoms with Gasteiger partial charge in [-0.3, -0.25) is 0 Å². The van der Waals surface area contributed by atoms with Crippen molar-refractivity contribution in [2.24, 2.45) is 0 Å². The molecule has 1 N–H and O–H groups in total. The highest BCUT2D eigenvalue weighted by Gasteiger charge is 2.10. The number of rotatable bonds is 2. The van der Waals surface area contributed by atoms with Crippen LogP contribution in [0.1, 0.15) is 41.9 Å². The van der Waals surface area contributed by atoms with Crippen LogP contribution in [0.25, 0.3) is 5.57 Å². The number of aromatic nitrogens is 2. The van der Waals surface area contributed by atoms with E-state index in [0.717, 1.165) is 18.5 Å². The lowest BCUT2D eigenvalue weighted by Crippen LogP contribution is -2.04. The number of carboxylic acid groups (broad SMARTS) is 1. The predicted molar refractivity (Wildman–Crippen MR) is 55.4 cm³/mol. The van der Waals surface area contributed by atoms with Gasteiger partial charge in [-0.1, -0.05) is 6.08 Å². The highest BCUT2D eigenvalue weighted by Crippen LogP contribution is 2.24. The topological polar surface area (TPSA) is 63.1 Å². The summed E-state index contributed by atoms with van der Waals surface area (Å²) >= 11 is 0. The highest BCUT2D eigenvalue weighted by molar-refractivity contribution is 5.85. The molecular formula is C11H12N2O2. The van der Waals surface area contributed by atoms with E-state index in [1.807, 2.05) is 0 Å². The minimum atomic E-state index is -1.04. The van der Waals surface area contributed by atoms with E-state index in [4.69, 9.17) is 5.11 Å². The Bertz CT molecular complexity index is 396. The maximum Gasteiger partial charge on any atom is 0.356 e. The Kier molecular flexibility index (Phi) is 2.76. The van der Waals surface area contributed by atoms with Crippen LogP contribution in [0.2, 0.25) is 0 Å². The Labute approximate surface area is 87.7 Å². The Morgan fingerprint density at radius 3 is 2.67 bits per heavy atom. The van der Waals surface area contributed by atoms with E-state index in [9.17, 15) is 4.79 Å². The van der Waals surface area contributed by atoms with Crippen molar-refractivity contribution in [2.75, 3.05) is 0 Å². The molecule has 0 spiro atoms. The molecule has 4 heteroatoms. The molecule has 0 saturated heterocycles. The van der Waals surface area contributed by atoms with Gasteiger partial charge in [-0.05, 0) is 43.4 Å². The summed E-state index contributed by atoms with van der Waals surface area (Å²) in [6, 6.07) is 3.23. The van der Waals surface area contributed by atoms with Gasteiger partial charge in [-0.15, -0.1) is 5.10 Å². The first kappa shape index (κ1) is 9.83. The van der Waals surface area contributed by atoms with Crippen molar-refractivity contribution in [1.29, 1.82) is 0 Å². The number of allylic oxidation sites excluding steroid dienone is 2. The standard InChI is InChI=1S/C11H12N2O2/c14-11(15)10-7-6-9(12-13-10)8-4-2-1-3-5-8/h4,6-7H,1-3,5H2,(H,14,15). The second kappa shape index (κ2) is 4.21. The molecule has 0 radical (unpaired) electrons. The van der Waals surface area contributed by atoms with Crippen LogP contribution in [-0.2, 0) is 0 Å². The third-order valence-corrected chi connectivity index (χ3v) is 2.50. The molecule has 0 aliphatic heterocycles. The number of aromatic carboxylic acids is 1. The lowest BCUT2D eigenvalue weighted by Gasteiger charge is -2.10. The number of hydrogen-bond donors (Lipinski definition) is 1. The molecule has 1 aromatic heterocycles. The van der Waals surface area contributed by atoms with Crippen molar-refractivity contribution in [3.05, 3.63) is 29.6 Å². The molecule has 1 heterocycles. The first-order valence-electron chi connectivity index (χ1n) is 5.04. The monoisotopic (exact) mass is 204 g/mol. The van der Waals surface area contributed by atoms with Gasteiger partial charge in [-0.25, -0.2) is 4.79 Å². The molecule has 4 nitrogen and oxygen atoms in total. The van der Waals surface area contributed by atoms with E-state index in [1.54, 1.807) is 6.07 Å². The summed E-state index contributed by atoms with van der Waals surface area (Å²) in [5.41, 5.74) is 1.99. The fraction of sp³-hybridized carbons (Fsp3) is 0.364. The van der Waals surface area contributed by atoms with Crippen LogP contribution in [0.15, 0.2) is 18.2 Å². The summed E-state index contributed by atoms with van der Waals surface area (Å²) in [4.78, 5) is 10.6. The molecule has 0 amide bonds. The molecule has 0 bridgehead atoms. The third kappa shape index (κ3) is 2.21. The van der Waals surface area contributed by atoms with Gasteiger partial charge in [-0.2, -0.15) is 5.10 Å². The molecule has 0 atom stereocenters. The zero-order valence-corrected chi connectivity index (χ0v) is 8.31. The summed E-state index contributed by atoms with van der Waals surface area (Å²) in [6.07, 6.45) is 6.66. The first-order valence-corrected chi connectivity index (χ1v) is 5.04. The summed E-state index contributed by atoms with van der Waals surface area (Å²) < 4.78 is 0. The quantitative estimate of drug-likeness (QED) is 0.801. The van der Waals surface area contributed by atoms with E-state index < -0.39 is 5.97 Å². The summed E-state index contributed by atoms with van der Waals surface area (Å²) in [7, 11) is 0. The Morgan fingerprint density at radius 1 is 1.27 bits per heavy atom. The molecule has 0 aromatic carbocycles. The number of nitrogens with zero attached hydrogens (tertiary/aromatic N) is 2. The SMILES string of the molecule is O=C(O)c1ccc(C2=CCCCC2)nn1. The minimum absolute atomic E-state index is 0.00448. The van der Waals surface area contributed by atoms with Crippen molar-refractivity contribution in [1.82, 2.24) is 10.2 Å². The van der Waals surface area contributed by atoms with E-state index in [1.165, 1.54) is 24.5 Å². The summed E-state index contributed by atoms with van der Waals surface area (Å²) in [5.74, 6) is -1.04. The van der Waals surface area contributed by atoms with Gasteiger partial charge in [0.25, 0.3) is 0 Å². The minimum Gasteiger partial charge on any atom is -0.476 e. The number of carboxylic acids is 1. The van der Waals surface area contributed by atoms with Crippen molar-refractivity contribution in [3.63, 3.8) is 0 Å². The van der Waals surface area contributed by atoms with Crippen molar-refractivity contribution < 1.29 is 9.90 Å². The van der Waals surface area contributed by atoms with Crippen LogP contribution in [0, 0.1) is 0 Å². The second-order valence-corrected chi connectivity index (χ2v) is 3.58. The maximum absolute atomic E-state index is 10.6. The molecule has 78 valence electrons. The van der Waals surface area contributed by atoms with Crippen LogP contribution in [0.5, 0.6) is 0 Å². The van der Waals surface area contributed by atoms with Crippen molar-refractivity contribution >= 4 is 11.5 Å². The average molecular weight is 204 g/mol. The summed E-state index contributed by atoms with van der Waals surface area (Å²) in [5, 5.41) is 16.3. The van der Waals surface area contributed by atoms with Crippen LogP contribution >= 0.6 is 0 Å². The van der Waals surface area contributed by atoms with Crippen LogP contribution in [0.4, 0.5) is 0 Å². The van der Waals surface area contributed by atoms with Crippen molar-refractivity contribution in [2.45, 2.75) is 25.7 Å². The average Bonchev–Trinajstić information content (AvgIpc) is 2.30. The largest absolute Gasteiger partial charge is 0.476 e. The van der Waals surface area contributed by atoms with Crippen molar-refractivity contribution in [3.8, 4) is 0 Å². The van der Waals surface area contributed by atoms with Gasteiger partial charge >= 0.3 is 5.97 Å². The number of hydrogen-bond acceptors (Lipinski definition) is 3. The lowest BCUT2D eigenvalue weighted by atomic mass is 9.97. The van der Waals surface area contributed by atoms with Gasteiger partial charge < -0.3 is 5.11 Å². The zero-order valence-electron chi connectivity index (χ0n) is 8.31. The molecule has 1 aliphatic carbocycles. The fourth-order valence-electron chi connectivity index (χ4n) is 1.69. The van der Waals surface area contributed by atoms with E-state index in [0.29, 0.717) is 0 Å². The van der Waals surface area contributed by atoms with Crippen LogP contribution in [-0.4, -0.2) is 21.3 Å². The Hall–Kier alpha value is -1.71. The molecule has 1 aromatic rings. The predicted octanol–water partition coefficient (Wildman–Crippen LogP) is 2.13. The Balaban J connectivity index is 2.23. The third-order valence-electron chi connectivity index (χ3n) is 2.50. The Morgan fingerprint density at radius 2 is 2.13 bits per heavy atom. The highest BCUT2D eigenvalue weighted by atomic mass is 16.4. The maximum atomic E-state index is 10.6. The van der Waals surface area contributed by atoms with E-state index in [2.05, 4.69) is 16.3 Å². The smallest absolute Gasteiger partial charge is 0.356 e. The van der Waals surface area contributed by atoms with Gasteiger partial charge in [0.05, 0.1) is 5.69 Å². The van der Waals surface area contributed by atoms with Gasteiger partial charge in [0, 0.05) is 0 Å². The molecule has 0 saturated carbocycles. The van der Waals surface area contributed by atoms with E-state index in [-0.39, 0.29) is 5.69 Å². The second-order valence-electron chi connectivity index (χ2n) is 3.58. The summed E-state index contributed by atoms with van der Waals surface area (Å²) in [6.45, 7) is 0. The van der Waals surface area contributed by atoms with Gasteiger partial charge in [0.2, 0.25) is 0 Å². The molecule has 15 heavy (non-hydrogen) atoms. The van der Waals surface area contributed by atoms with Crippen LogP contribution < -0.4 is 0 Å². The molecule has 0 fully saturated rings. The van der Waals surface area contributed by atoms with Gasteiger partial charge in [0.15, 0.2) is 5.69 Å². The first-order chi connectivity index (χ1) is 7.27. The molecule has 1 aliphatic rings. The van der Waals surface area contributed by atoms with E-state index >= 15 is 0 Å². The fourth-order valence-corrected chi connectivity index (χ4v) is 1.69. The normalized spacial score (nSPS) is 15.9.